The third kappa shape index (κ3) is 2530. The third-order valence-corrected chi connectivity index (χ3v) is 0. The molecule has 0 rings (SSSR count). The van der Waals surface area contributed by atoms with Gasteiger partial charge in [0.25, 0.3) is 0 Å². The van der Waals surface area contributed by atoms with Crippen molar-refractivity contribution in [1.82, 2.24) is 0 Å². The first-order valence-corrected chi connectivity index (χ1v) is 16.9. The minimum absolute atomic E-state index is 0.139. The molecule has 0 aliphatic carbocycles. The van der Waals surface area contributed by atoms with E-state index in [1.807, 2.05) is 0 Å². The molecule has 0 unspecified atom stereocenters. The zero-order valence-corrected chi connectivity index (χ0v) is 16.6. The van der Waals surface area contributed by atoms with Crippen LogP contribution in [-0.2, 0) is 0 Å². The van der Waals surface area contributed by atoms with Gasteiger partial charge in [0.2, 0.25) is 0 Å². The van der Waals surface area contributed by atoms with Gasteiger partial charge in [0.15, 0.2) is 0 Å². The Hall–Kier alpha value is 1.00. The Morgan fingerprint density at radius 1 is 0.533 bits per heavy atom. The maximum Gasteiger partial charge on any atom is 0.149 e. The molecular formula is C9H33O2PSi3. The Morgan fingerprint density at radius 2 is 0.533 bits per heavy atom. The standard InChI is InChI=1S/3C3H10Si.H3O2P/c3*1-4(2)3;1-3-2/h3*4H,1-3H3;1-3H. The molecule has 0 saturated carbocycles. The summed E-state index contributed by atoms with van der Waals surface area (Å²) in [4.78, 5) is 14.3. The first-order valence-electron chi connectivity index (χ1n) is 5.64. The van der Waals surface area contributed by atoms with Crippen LogP contribution in [0.2, 0.25) is 58.9 Å². The summed E-state index contributed by atoms with van der Waals surface area (Å²) in [6.45, 7) is 20.8. The molecule has 6 heteroatoms. The molecule has 0 spiro atoms. The van der Waals surface area contributed by atoms with Crippen molar-refractivity contribution in [2.45, 2.75) is 58.9 Å². The van der Waals surface area contributed by atoms with Gasteiger partial charge in [0, 0.05) is 26.4 Å². The van der Waals surface area contributed by atoms with E-state index >= 15 is 0 Å². The lowest BCUT2D eigenvalue weighted by atomic mass is 11.8. The van der Waals surface area contributed by atoms with Crippen LogP contribution in [0.1, 0.15) is 0 Å². The second kappa shape index (κ2) is 24.3. The number of rotatable bonds is 0. The molecule has 0 radical (unpaired) electrons. The van der Waals surface area contributed by atoms with Crippen molar-refractivity contribution in [2.75, 3.05) is 0 Å². The summed E-state index contributed by atoms with van der Waals surface area (Å²) in [6, 6.07) is 0. The quantitative estimate of drug-likeness (QED) is 0.531. The summed E-state index contributed by atoms with van der Waals surface area (Å²) in [5.41, 5.74) is 0. The topological polar surface area (TPSA) is 40.5 Å². The Morgan fingerprint density at radius 3 is 0.533 bits per heavy atom. The number of hydrogen-bond acceptors (Lipinski definition) is 2. The van der Waals surface area contributed by atoms with Crippen LogP contribution in [-0.4, -0.2) is 36.2 Å². The van der Waals surface area contributed by atoms with Gasteiger partial charge in [-0.3, -0.25) is 0 Å². The van der Waals surface area contributed by atoms with E-state index in [0.717, 1.165) is 0 Å². The van der Waals surface area contributed by atoms with Crippen LogP contribution >= 0.6 is 9.03 Å². The van der Waals surface area contributed by atoms with Crippen LogP contribution in [0, 0.1) is 0 Å². The van der Waals surface area contributed by atoms with Crippen LogP contribution in [0.15, 0.2) is 0 Å². The maximum absolute atomic E-state index is 7.15. The van der Waals surface area contributed by atoms with E-state index in [-0.39, 0.29) is 26.4 Å². The van der Waals surface area contributed by atoms with Crippen LogP contribution in [0.3, 0.4) is 0 Å². The summed E-state index contributed by atoms with van der Waals surface area (Å²) < 4.78 is 0. The van der Waals surface area contributed by atoms with Crippen molar-refractivity contribution in [1.29, 1.82) is 0 Å². The molecule has 0 atom stereocenters. The van der Waals surface area contributed by atoms with Crippen LogP contribution in [0.5, 0.6) is 0 Å². The van der Waals surface area contributed by atoms with E-state index in [0.29, 0.717) is 0 Å². The van der Waals surface area contributed by atoms with Gasteiger partial charge in [0.05, 0.1) is 0 Å². The highest BCUT2D eigenvalue weighted by Gasteiger charge is 1.72. The van der Waals surface area contributed by atoms with Gasteiger partial charge in [-0.25, -0.2) is 0 Å². The zero-order chi connectivity index (χ0) is 13.4. The monoisotopic (exact) mass is 288 g/mol. The Balaban J connectivity index is -0.0000000542. The van der Waals surface area contributed by atoms with Crippen LogP contribution < -0.4 is 0 Å². The van der Waals surface area contributed by atoms with E-state index in [1.54, 1.807) is 0 Å². The highest BCUT2D eigenvalue weighted by Crippen LogP contribution is 1.81. The summed E-state index contributed by atoms with van der Waals surface area (Å²) in [6.07, 6.45) is 0. The van der Waals surface area contributed by atoms with Gasteiger partial charge in [-0.15, -0.1) is 0 Å². The predicted octanol–water partition coefficient (Wildman–Crippen LogP) is 2.79. The molecule has 2 N–H and O–H groups in total. The Kier molecular flexibility index (Phi) is 40.5. The van der Waals surface area contributed by atoms with E-state index < -0.39 is 9.03 Å². The predicted molar refractivity (Wildman–Crippen MR) is 87.0 cm³/mol. The molecule has 0 amide bonds. The van der Waals surface area contributed by atoms with E-state index in [4.69, 9.17) is 9.79 Å². The van der Waals surface area contributed by atoms with Crippen molar-refractivity contribution in [3.8, 4) is 0 Å². The molecule has 0 heterocycles. The van der Waals surface area contributed by atoms with Gasteiger partial charge < -0.3 is 9.79 Å². The Labute approximate surface area is 104 Å². The van der Waals surface area contributed by atoms with Gasteiger partial charge in [-0.2, -0.15) is 0 Å². The zero-order valence-electron chi connectivity index (χ0n) is 12.1. The highest BCUT2D eigenvalue weighted by molar-refractivity contribution is 7.23. The second-order valence-electron chi connectivity index (χ2n) is 5.30. The average Bonchev–Trinajstić information content (AvgIpc) is 1.81. The van der Waals surface area contributed by atoms with E-state index in [2.05, 4.69) is 58.9 Å². The summed E-state index contributed by atoms with van der Waals surface area (Å²) in [7, 11) is -1.33. The third-order valence-electron chi connectivity index (χ3n) is 0. The molecule has 0 aliphatic heterocycles. The largest absolute Gasteiger partial charge is 0.352 e. The highest BCUT2D eigenvalue weighted by atomic mass is 31.1. The lowest BCUT2D eigenvalue weighted by Gasteiger charge is -1.75. The van der Waals surface area contributed by atoms with Crippen molar-refractivity contribution in [3.63, 3.8) is 0 Å². The molecule has 0 aromatic carbocycles. The normalized spacial score (nSPS) is 8.40. The van der Waals surface area contributed by atoms with Gasteiger partial charge >= 0.3 is 0 Å². The smallest absolute Gasteiger partial charge is 0.149 e. The minimum atomic E-state index is -0.917. The first kappa shape index (κ1) is 25.0. The van der Waals surface area contributed by atoms with Crippen molar-refractivity contribution < 1.29 is 9.79 Å². The molecule has 0 aromatic heterocycles. The fraction of sp³-hybridized carbons (Fsp3) is 1.00. The fourth-order valence-corrected chi connectivity index (χ4v) is 0. The Bertz CT molecular complexity index is 61.2. The van der Waals surface area contributed by atoms with Crippen molar-refractivity contribution >= 4 is 35.4 Å². The molecular weight excluding hydrogens is 255 g/mol. The molecule has 98 valence electrons. The number of hydrogen-bond donors (Lipinski definition) is 2. The van der Waals surface area contributed by atoms with Crippen LogP contribution in [0.25, 0.3) is 0 Å². The van der Waals surface area contributed by atoms with E-state index in [9.17, 15) is 0 Å². The molecule has 2 nitrogen and oxygen atoms in total. The summed E-state index contributed by atoms with van der Waals surface area (Å²) in [5.74, 6) is 0. The lowest BCUT2D eigenvalue weighted by molar-refractivity contribution is 0.513. The minimum Gasteiger partial charge on any atom is -0.352 e. The summed E-state index contributed by atoms with van der Waals surface area (Å²) in [5, 5.41) is 0. The molecule has 0 aliphatic rings. The van der Waals surface area contributed by atoms with Gasteiger partial charge in [-0.05, 0) is 0 Å². The first-order chi connectivity index (χ1) is 6.61. The van der Waals surface area contributed by atoms with Crippen LogP contribution in [0.4, 0.5) is 0 Å². The maximum atomic E-state index is 7.15. The molecule has 0 aromatic rings. The molecule has 0 saturated heterocycles. The molecule has 15 heavy (non-hydrogen) atoms. The summed E-state index contributed by atoms with van der Waals surface area (Å²) >= 11 is 0. The fourth-order valence-electron chi connectivity index (χ4n) is 0. The van der Waals surface area contributed by atoms with Crippen molar-refractivity contribution in [2.24, 2.45) is 0 Å². The van der Waals surface area contributed by atoms with Crippen molar-refractivity contribution in [3.05, 3.63) is 0 Å². The van der Waals surface area contributed by atoms with Gasteiger partial charge in [-0.1, -0.05) is 58.9 Å². The molecule has 0 bridgehead atoms. The SMILES string of the molecule is C[SiH](C)C.C[SiH](C)C.C[SiH](C)C.OPO. The molecule has 0 fully saturated rings. The average molecular weight is 289 g/mol. The van der Waals surface area contributed by atoms with E-state index in [1.165, 1.54) is 0 Å². The van der Waals surface area contributed by atoms with Gasteiger partial charge in [0.1, 0.15) is 9.03 Å². The second-order valence-corrected chi connectivity index (χ2v) is 15.9. The lowest BCUT2D eigenvalue weighted by Crippen LogP contribution is -1.84.